The minimum Gasteiger partial charge on any atom is -0.481 e. The summed E-state index contributed by atoms with van der Waals surface area (Å²) in [5, 5.41) is 12.8. The maximum absolute atomic E-state index is 13.0. The Kier molecular flexibility index (Phi) is 5.13. The van der Waals surface area contributed by atoms with Crippen LogP contribution in [0.4, 0.5) is 4.79 Å². The van der Waals surface area contributed by atoms with Crippen LogP contribution >= 0.6 is 0 Å². The van der Waals surface area contributed by atoms with Crippen molar-refractivity contribution in [2.75, 3.05) is 13.1 Å². The molecule has 0 bridgehead atoms. The number of carboxylic acid groups (broad SMARTS) is 1. The third-order valence-electron chi connectivity index (χ3n) is 6.36. The number of urea groups is 1. The van der Waals surface area contributed by atoms with Crippen molar-refractivity contribution in [2.45, 2.75) is 31.8 Å². The van der Waals surface area contributed by atoms with E-state index in [4.69, 9.17) is 0 Å². The average Bonchev–Trinajstić information content (AvgIpc) is 3.28. The zero-order chi connectivity index (χ0) is 20.4. The predicted octanol–water partition coefficient (Wildman–Crippen LogP) is 2.49. The molecule has 2 heterocycles. The van der Waals surface area contributed by atoms with Crippen LogP contribution in [0.5, 0.6) is 0 Å². The molecule has 29 heavy (non-hydrogen) atoms. The Bertz CT molecular complexity index is 958. The van der Waals surface area contributed by atoms with Gasteiger partial charge in [-0.3, -0.25) is 9.59 Å². The third-order valence-corrected chi connectivity index (χ3v) is 6.36. The van der Waals surface area contributed by atoms with E-state index in [0.717, 1.165) is 18.4 Å². The van der Waals surface area contributed by atoms with Gasteiger partial charge in [-0.05, 0) is 30.4 Å². The lowest BCUT2D eigenvalue weighted by Gasteiger charge is -2.26. The van der Waals surface area contributed by atoms with Gasteiger partial charge in [-0.1, -0.05) is 42.8 Å². The van der Waals surface area contributed by atoms with Gasteiger partial charge < -0.3 is 19.9 Å². The molecular formula is C22H25N3O4. The topological polar surface area (TPSA) is 91.6 Å². The van der Waals surface area contributed by atoms with E-state index in [-0.39, 0.29) is 24.1 Å². The Morgan fingerprint density at radius 3 is 2.62 bits per heavy atom. The van der Waals surface area contributed by atoms with Gasteiger partial charge in [0.05, 0.1) is 18.0 Å². The highest BCUT2D eigenvalue weighted by Gasteiger charge is 2.55. The molecule has 0 spiro atoms. The molecule has 1 aromatic carbocycles. The van der Waals surface area contributed by atoms with Crippen molar-refractivity contribution >= 4 is 12.0 Å². The molecule has 7 nitrogen and oxygen atoms in total. The fourth-order valence-corrected chi connectivity index (χ4v) is 4.76. The lowest BCUT2D eigenvalue weighted by molar-refractivity contribution is -0.149. The van der Waals surface area contributed by atoms with Gasteiger partial charge in [-0.15, -0.1) is 0 Å². The monoisotopic (exact) mass is 395 g/mol. The molecule has 2 N–H and O–H groups in total. The number of aromatic nitrogens is 1. The van der Waals surface area contributed by atoms with Crippen molar-refractivity contribution in [3.63, 3.8) is 0 Å². The molecule has 2 aromatic rings. The summed E-state index contributed by atoms with van der Waals surface area (Å²) in [7, 11) is 0. The van der Waals surface area contributed by atoms with Crippen LogP contribution in [0.25, 0.3) is 0 Å². The highest BCUT2D eigenvalue weighted by molar-refractivity contribution is 5.80. The number of hydrogen-bond donors (Lipinski definition) is 2. The van der Waals surface area contributed by atoms with E-state index >= 15 is 0 Å². The van der Waals surface area contributed by atoms with Gasteiger partial charge in [0, 0.05) is 25.4 Å². The first-order valence-electron chi connectivity index (χ1n) is 9.99. The van der Waals surface area contributed by atoms with Crippen LogP contribution in [-0.2, 0) is 11.3 Å². The average molecular weight is 395 g/mol. The standard InChI is InChI=1S/C22H25N3O4/c26-19-10-4-5-12-24(19)14-18(16-7-2-1-3-8-16)23-21(29)25-13-17-9-6-11-22(17,15-25)20(27)28/h1-5,7-8,10,12,17-18H,6,9,11,13-15H2,(H,23,29)(H,27,28)/t17-,18?,22+/m0/s1. The molecule has 1 aromatic heterocycles. The van der Waals surface area contributed by atoms with Crippen LogP contribution in [0.2, 0.25) is 0 Å². The maximum atomic E-state index is 13.0. The summed E-state index contributed by atoms with van der Waals surface area (Å²) in [4.78, 5) is 38.7. The Hall–Kier alpha value is -3.09. The quantitative estimate of drug-likeness (QED) is 0.814. The number of carbonyl (C=O) groups excluding carboxylic acids is 1. The van der Waals surface area contributed by atoms with Crippen molar-refractivity contribution in [1.82, 2.24) is 14.8 Å². The normalized spacial score (nSPS) is 24.1. The van der Waals surface area contributed by atoms with Gasteiger partial charge in [-0.2, -0.15) is 0 Å². The second kappa shape index (κ2) is 7.73. The number of likely N-dealkylation sites (tertiary alicyclic amines) is 1. The summed E-state index contributed by atoms with van der Waals surface area (Å²) in [5.41, 5.74) is -0.0529. The summed E-state index contributed by atoms with van der Waals surface area (Å²) < 4.78 is 1.56. The van der Waals surface area contributed by atoms with Crippen LogP contribution in [0.1, 0.15) is 30.9 Å². The predicted molar refractivity (Wildman–Crippen MR) is 107 cm³/mol. The summed E-state index contributed by atoms with van der Waals surface area (Å²) in [6, 6.07) is 13.8. The number of benzene rings is 1. The first-order valence-corrected chi connectivity index (χ1v) is 9.99. The summed E-state index contributed by atoms with van der Waals surface area (Å²) in [6.07, 6.45) is 4.07. The number of carbonyl (C=O) groups is 2. The van der Waals surface area contributed by atoms with Crippen molar-refractivity contribution in [1.29, 1.82) is 0 Å². The van der Waals surface area contributed by atoms with Gasteiger partial charge in [0.1, 0.15) is 0 Å². The van der Waals surface area contributed by atoms with Crippen LogP contribution < -0.4 is 10.9 Å². The fourth-order valence-electron chi connectivity index (χ4n) is 4.76. The van der Waals surface area contributed by atoms with Crippen LogP contribution in [0.15, 0.2) is 59.5 Å². The lowest BCUT2D eigenvalue weighted by Crippen LogP contribution is -2.44. The zero-order valence-electron chi connectivity index (χ0n) is 16.2. The minimum atomic E-state index is -0.810. The number of nitrogens with zero attached hydrogens (tertiary/aromatic N) is 2. The number of rotatable bonds is 5. The summed E-state index contributed by atoms with van der Waals surface area (Å²) in [6.45, 7) is 1.01. The number of nitrogens with one attached hydrogen (secondary N) is 1. The SMILES string of the molecule is O=C(NC(Cn1ccccc1=O)c1ccccc1)N1C[C@@H]2CCC[C@@]2(C(=O)O)C1. The van der Waals surface area contributed by atoms with Crippen molar-refractivity contribution in [3.8, 4) is 0 Å². The molecule has 2 aliphatic rings. The van der Waals surface area contributed by atoms with E-state index in [2.05, 4.69) is 5.32 Å². The molecule has 1 saturated heterocycles. The summed E-state index contributed by atoms with van der Waals surface area (Å²) >= 11 is 0. The molecule has 7 heteroatoms. The van der Waals surface area contributed by atoms with Crippen LogP contribution in [-0.4, -0.2) is 39.7 Å². The van der Waals surface area contributed by atoms with E-state index < -0.39 is 17.4 Å². The number of aliphatic carboxylic acids is 1. The number of hydrogen-bond acceptors (Lipinski definition) is 3. The summed E-state index contributed by atoms with van der Waals surface area (Å²) in [5.74, 6) is -0.789. The Morgan fingerprint density at radius 2 is 1.93 bits per heavy atom. The molecule has 1 aliphatic carbocycles. The second-order valence-electron chi connectivity index (χ2n) is 8.03. The van der Waals surface area contributed by atoms with Crippen molar-refractivity contribution in [2.24, 2.45) is 11.3 Å². The first-order chi connectivity index (χ1) is 14.0. The molecule has 2 fully saturated rings. The van der Waals surface area contributed by atoms with Crippen LogP contribution in [0, 0.1) is 11.3 Å². The first kappa shape index (κ1) is 19.2. The second-order valence-corrected chi connectivity index (χ2v) is 8.03. The number of fused-ring (bicyclic) bond motifs is 1. The maximum Gasteiger partial charge on any atom is 0.317 e. The Labute approximate surface area is 169 Å². The van der Waals surface area contributed by atoms with E-state index in [0.29, 0.717) is 19.5 Å². The molecular weight excluding hydrogens is 370 g/mol. The molecule has 1 saturated carbocycles. The molecule has 2 amide bonds. The molecule has 1 unspecified atom stereocenters. The highest BCUT2D eigenvalue weighted by atomic mass is 16.4. The minimum absolute atomic E-state index is 0.0117. The van der Waals surface area contributed by atoms with Gasteiger partial charge in [0.2, 0.25) is 0 Å². The Morgan fingerprint density at radius 1 is 1.17 bits per heavy atom. The molecule has 152 valence electrons. The molecule has 3 atom stereocenters. The van der Waals surface area contributed by atoms with Gasteiger partial charge in [0.25, 0.3) is 5.56 Å². The third kappa shape index (κ3) is 3.64. The van der Waals surface area contributed by atoms with E-state index in [1.807, 2.05) is 30.3 Å². The van der Waals surface area contributed by atoms with E-state index in [1.54, 1.807) is 27.8 Å². The smallest absolute Gasteiger partial charge is 0.317 e. The Balaban J connectivity index is 1.54. The van der Waals surface area contributed by atoms with Gasteiger partial charge in [0.15, 0.2) is 0 Å². The molecule has 0 radical (unpaired) electrons. The number of pyridine rings is 1. The number of carboxylic acids is 1. The molecule has 1 aliphatic heterocycles. The lowest BCUT2D eigenvalue weighted by atomic mass is 9.81. The van der Waals surface area contributed by atoms with E-state index in [1.165, 1.54) is 6.07 Å². The zero-order valence-corrected chi connectivity index (χ0v) is 16.2. The van der Waals surface area contributed by atoms with Crippen LogP contribution in [0.3, 0.4) is 0 Å². The molecule has 4 rings (SSSR count). The van der Waals surface area contributed by atoms with Gasteiger partial charge >= 0.3 is 12.0 Å². The highest BCUT2D eigenvalue weighted by Crippen LogP contribution is 2.48. The van der Waals surface area contributed by atoms with Gasteiger partial charge in [-0.25, -0.2) is 4.79 Å². The number of amides is 2. The fraction of sp³-hybridized carbons (Fsp3) is 0.409. The largest absolute Gasteiger partial charge is 0.481 e. The van der Waals surface area contributed by atoms with Crippen molar-refractivity contribution < 1.29 is 14.7 Å². The van der Waals surface area contributed by atoms with E-state index in [9.17, 15) is 19.5 Å². The van der Waals surface area contributed by atoms with Crippen molar-refractivity contribution in [3.05, 3.63) is 70.6 Å².